The van der Waals surface area contributed by atoms with Crippen molar-refractivity contribution in [2.45, 2.75) is 65.3 Å². The second kappa shape index (κ2) is 18.1. The molecule has 356 valence electrons. The van der Waals surface area contributed by atoms with E-state index in [2.05, 4.69) is 289 Å². The number of hydrogen-bond acceptors (Lipinski definition) is 2. The van der Waals surface area contributed by atoms with Gasteiger partial charge in [-0.05, 0) is 170 Å². The largest absolute Gasteiger partial charge is 0.341 e. The van der Waals surface area contributed by atoms with Crippen LogP contribution in [0, 0.1) is 0 Å². The Bertz CT molecular complexity index is 3690. The second-order valence-electron chi connectivity index (χ2n) is 21.4. The van der Waals surface area contributed by atoms with Gasteiger partial charge in [0, 0.05) is 57.3 Å². The first kappa shape index (κ1) is 45.9. The molecule has 12 rings (SSSR count). The Labute approximate surface area is 432 Å². The van der Waals surface area contributed by atoms with E-state index >= 15 is 0 Å². The summed E-state index contributed by atoms with van der Waals surface area (Å²) in [5.41, 5.74) is 27.7. The third kappa shape index (κ3) is 7.88. The van der Waals surface area contributed by atoms with Crippen LogP contribution < -0.4 is 9.80 Å². The van der Waals surface area contributed by atoms with E-state index in [0.29, 0.717) is 0 Å². The van der Waals surface area contributed by atoms with Crippen molar-refractivity contribution < 1.29 is 0 Å². The third-order valence-corrected chi connectivity index (χ3v) is 16.0. The van der Waals surface area contributed by atoms with Gasteiger partial charge in [-0.3, -0.25) is 0 Å². The molecule has 0 aromatic heterocycles. The molecule has 0 saturated heterocycles. The van der Waals surface area contributed by atoms with Gasteiger partial charge in [-0.25, -0.2) is 0 Å². The van der Waals surface area contributed by atoms with Crippen molar-refractivity contribution in [2.75, 3.05) is 16.3 Å². The quantitative estimate of drug-likeness (QED) is 0.127. The van der Waals surface area contributed by atoms with Crippen LogP contribution in [-0.4, -0.2) is 12.6 Å². The summed E-state index contributed by atoms with van der Waals surface area (Å²) in [6.45, 7) is 17.2. The highest BCUT2D eigenvalue weighted by Gasteiger charge is 2.37. The number of hydrogen-bond donors (Lipinski definition) is 0. The Balaban J connectivity index is 0.863. The third-order valence-electron chi connectivity index (χ3n) is 16.0. The van der Waals surface area contributed by atoms with Crippen molar-refractivity contribution in [2.24, 2.45) is 0 Å². The average molecular weight is 943 g/mol. The Morgan fingerprint density at radius 1 is 0.315 bits per heavy atom. The molecule has 0 atom stereocenters. The molecule has 0 amide bonds. The highest BCUT2D eigenvalue weighted by Crippen LogP contribution is 2.53. The summed E-state index contributed by atoms with van der Waals surface area (Å²) in [6, 6.07) is 86.2. The molecule has 0 spiro atoms. The van der Waals surface area contributed by atoms with Crippen molar-refractivity contribution in [1.29, 1.82) is 0 Å². The van der Waals surface area contributed by atoms with Crippen LogP contribution in [0.3, 0.4) is 0 Å². The van der Waals surface area contributed by atoms with Crippen molar-refractivity contribution in [1.82, 2.24) is 0 Å². The monoisotopic (exact) mass is 942 g/mol. The smallest absolute Gasteiger partial charge is 0.0492 e. The summed E-state index contributed by atoms with van der Waals surface area (Å²) in [7, 11) is 0. The van der Waals surface area contributed by atoms with Crippen molar-refractivity contribution in [3.05, 3.63) is 253 Å². The van der Waals surface area contributed by atoms with Crippen LogP contribution in [0.1, 0.15) is 70.7 Å². The van der Waals surface area contributed by atoms with E-state index in [4.69, 9.17) is 0 Å². The summed E-state index contributed by atoms with van der Waals surface area (Å²) in [5.74, 6) is 0. The van der Waals surface area contributed by atoms with Gasteiger partial charge in [0.25, 0.3) is 0 Å². The zero-order valence-corrected chi connectivity index (χ0v) is 43.1. The van der Waals surface area contributed by atoms with E-state index in [-0.39, 0.29) is 16.9 Å². The first-order chi connectivity index (χ1) is 35.5. The molecule has 0 N–H and O–H groups in total. The second-order valence-corrected chi connectivity index (χ2v) is 21.4. The van der Waals surface area contributed by atoms with Crippen LogP contribution >= 0.6 is 0 Å². The molecule has 0 aliphatic heterocycles. The van der Waals surface area contributed by atoms with Gasteiger partial charge in [0.05, 0.1) is 0 Å². The fourth-order valence-corrected chi connectivity index (χ4v) is 12.2. The molecule has 2 aliphatic carbocycles. The molecular formula is C71H62N2. The number of rotatable bonds is 11. The minimum atomic E-state index is -0.146. The van der Waals surface area contributed by atoms with Crippen LogP contribution in [0.5, 0.6) is 0 Å². The van der Waals surface area contributed by atoms with Gasteiger partial charge in [-0.15, -0.1) is 0 Å². The number of benzene rings is 10. The molecule has 10 aromatic carbocycles. The lowest BCUT2D eigenvalue weighted by Gasteiger charge is -2.31. The zero-order chi connectivity index (χ0) is 50.0. The van der Waals surface area contributed by atoms with E-state index in [9.17, 15) is 0 Å². The van der Waals surface area contributed by atoms with Crippen LogP contribution in [0.15, 0.2) is 231 Å². The predicted molar refractivity (Wildman–Crippen MR) is 312 cm³/mol. The van der Waals surface area contributed by atoms with Gasteiger partial charge >= 0.3 is 0 Å². The van der Waals surface area contributed by atoms with Crippen molar-refractivity contribution in [3.8, 4) is 77.9 Å². The number of fused-ring (bicyclic) bond motifs is 6. The first-order valence-corrected chi connectivity index (χ1v) is 26.2. The highest BCUT2D eigenvalue weighted by atomic mass is 15.2. The maximum Gasteiger partial charge on any atom is 0.0492 e. The Hall–Kier alpha value is -8.20. The number of para-hydroxylation sites is 1. The van der Waals surface area contributed by atoms with Gasteiger partial charge in [0.1, 0.15) is 0 Å². The van der Waals surface area contributed by atoms with Crippen LogP contribution in [0.4, 0.5) is 22.7 Å². The first-order valence-electron chi connectivity index (χ1n) is 26.2. The molecule has 0 unspecified atom stereocenters. The Morgan fingerprint density at radius 2 is 0.767 bits per heavy atom. The van der Waals surface area contributed by atoms with Gasteiger partial charge in [0.15, 0.2) is 0 Å². The summed E-state index contributed by atoms with van der Waals surface area (Å²) in [6.07, 6.45) is 0. The standard InChI is InChI=1S/C71H62N2/c1-8-72(57-37-40-62-61-39-32-53(48-20-11-9-12-21-48)44-66(61)71(6,7)67(62)46-57)68-41-34-52(43-63(68)50-22-13-10-14-23-50)51-24-19-25-55(42-51)58-26-16-18-29-69(58)73(47(2)3)56-35-30-49(31-36-56)54-33-38-60-59-27-15-17-28-64(59)70(4,5)65(60)45-54/h9-47H,8H2,1-7H3. The molecule has 2 heteroatoms. The van der Waals surface area contributed by atoms with Crippen LogP contribution in [0.25, 0.3) is 77.9 Å². The van der Waals surface area contributed by atoms with Crippen LogP contribution in [0.2, 0.25) is 0 Å². The van der Waals surface area contributed by atoms with Gasteiger partial charge in [-0.1, -0.05) is 198 Å². The maximum absolute atomic E-state index is 2.49. The molecule has 0 radical (unpaired) electrons. The Kier molecular flexibility index (Phi) is 11.4. The van der Waals surface area contributed by atoms with Gasteiger partial charge < -0.3 is 9.80 Å². The molecule has 0 fully saturated rings. The maximum atomic E-state index is 2.49. The average Bonchev–Trinajstić information content (AvgIpc) is 3.80. The summed E-state index contributed by atoms with van der Waals surface area (Å²) in [4.78, 5) is 4.97. The van der Waals surface area contributed by atoms with Crippen LogP contribution in [-0.2, 0) is 10.8 Å². The lowest BCUT2D eigenvalue weighted by atomic mass is 9.81. The summed E-state index contributed by atoms with van der Waals surface area (Å²) < 4.78 is 0. The molecule has 0 heterocycles. The topological polar surface area (TPSA) is 6.48 Å². The summed E-state index contributed by atoms with van der Waals surface area (Å²) in [5, 5.41) is 0. The number of nitrogens with zero attached hydrogens (tertiary/aromatic N) is 2. The van der Waals surface area contributed by atoms with Crippen molar-refractivity contribution in [3.63, 3.8) is 0 Å². The molecule has 10 aromatic rings. The lowest BCUT2D eigenvalue weighted by Crippen LogP contribution is -2.25. The Morgan fingerprint density at radius 3 is 1.42 bits per heavy atom. The van der Waals surface area contributed by atoms with Gasteiger partial charge in [0.2, 0.25) is 0 Å². The number of anilines is 4. The minimum absolute atomic E-state index is 0.0362. The highest BCUT2D eigenvalue weighted by molar-refractivity contribution is 5.91. The predicted octanol–water partition coefficient (Wildman–Crippen LogP) is 19.3. The van der Waals surface area contributed by atoms with E-state index in [1.807, 2.05) is 0 Å². The van der Waals surface area contributed by atoms with E-state index in [1.54, 1.807) is 0 Å². The fourth-order valence-electron chi connectivity index (χ4n) is 12.2. The molecule has 0 bridgehead atoms. The lowest BCUT2D eigenvalue weighted by molar-refractivity contribution is 0.660. The molecule has 2 nitrogen and oxygen atoms in total. The van der Waals surface area contributed by atoms with Crippen molar-refractivity contribution >= 4 is 22.7 Å². The molecule has 0 saturated carbocycles. The molecule has 2 aliphatic rings. The van der Waals surface area contributed by atoms with E-state index in [1.165, 1.54) is 123 Å². The SMILES string of the molecule is CCN(c1ccc2c(c1)C(C)(C)c1cc(-c3ccccc3)ccc1-2)c1ccc(-c2cccc(-c3ccccc3N(c3ccc(-c4ccc5c(c4)C(C)(C)c4ccccc4-5)cc3)C(C)C)c2)cc1-c1ccccc1. The molecule has 73 heavy (non-hydrogen) atoms. The van der Waals surface area contributed by atoms with E-state index in [0.717, 1.165) is 6.54 Å². The zero-order valence-electron chi connectivity index (χ0n) is 43.1. The van der Waals surface area contributed by atoms with E-state index < -0.39 is 0 Å². The minimum Gasteiger partial charge on any atom is -0.341 e. The fraction of sp³-hybridized carbons (Fsp3) is 0.155. The normalized spacial score (nSPS) is 13.5. The summed E-state index contributed by atoms with van der Waals surface area (Å²) >= 11 is 0. The molecular weight excluding hydrogens is 881 g/mol. The van der Waals surface area contributed by atoms with Gasteiger partial charge in [-0.2, -0.15) is 0 Å².